The first-order valence-corrected chi connectivity index (χ1v) is 28.0. The van der Waals surface area contributed by atoms with E-state index in [-0.39, 0.29) is 19.4 Å². The van der Waals surface area contributed by atoms with Crippen LogP contribution in [-0.4, -0.2) is 99.6 Å². The van der Waals surface area contributed by atoms with Gasteiger partial charge in [-0.05, 0) is 83.5 Å². The fourth-order valence-electron chi connectivity index (χ4n) is 8.03. The lowest BCUT2D eigenvalue weighted by molar-refractivity contribution is -0.305. The molecule has 6 N–H and O–H groups in total. The van der Waals surface area contributed by atoms with Gasteiger partial charge in [-0.2, -0.15) is 0 Å². The average molecular weight is 996 g/mol. The molecule has 1 rings (SSSR count). The second kappa shape index (κ2) is 47.6. The molecule has 1 fully saturated rings. The Kier molecular flexibility index (Phi) is 44.0. The first-order chi connectivity index (χ1) is 34.7. The molecule has 0 aromatic rings. The summed E-state index contributed by atoms with van der Waals surface area (Å²) in [5.74, 6) is -1.34. The third kappa shape index (κ3) is 36.2. The third-order valence-electron chi connectivity index (χ3n) is 12.5. The number of ether oxygens (including phenoxy) is 3. The van der Waals surface area contributed by atoms with E-state index in [0.29, 0.717) is 12.8 Å². The van der Waals surface area contributed by atoms with E-state index in [1.807, 2.05) is 30.4 Å². The van der Waals surface area contributed by atoms with Crippen LogP contribution in [0, 0.1) is 0 Å². The molecule has 0 aromatic heterocycles. The Hall–Kier alpha value is -3.42. The van der Waals surface area contributed by atoms with E-state index in [1.165, 1.54) is 89.9 Å². The summed E-state index contributed by atoms with van der Waals surface area (Å²) in [6.45, 7) is 5.57. The molecular formula is C60H101NO10. The van der Waals surface area contributed by atoms with Gasteiger partial charge in [-0.15, -0.1) is 0 Å². The fourth-order valence-corrected chi connectivity index (χ4v) is 8.03. The SMILES string of the molecule is CC/C=C\C/C=C\C/C=C\C/C=C\C/C=C\CCC(O)C(=O)NC(COC1OC(CO)C(O)C(O)C1OC(=O)CC/C=C/C/C=C\CCCCCCCC)C(O)/C=C/CCCCCCCCCCCCC. The minimum absolute atomic E-state index is 0.00622. The number of nitrogens with one attached hydrogen (secondary N) is 1. The van der Waals surface area contributed by atoms with Crippen molar-refractivity contribution in [3.05, 3.63) is 97.2 Å². The van der Waals surface area contributed by atoms with Crippen molar-refractivity contribution in [3.8, 4) is 0 Å². The van der Waals surface area contributed by atoms with Crippen LogP contribution in [0.25, 0.3) is 0 Å². The van der Waals surface area contributed by atoms with Crippen molar-refractivity contribution in [2.45, 2.75) is 256 Å². The molecule has 0 bridgehead atoms. The molecule has 0 radical (unpaired) electrons. The molecule has 8 unspecified atom stereocenters. The number of esters is 1. The van der Waals surface area contributed by atoms with Gasteiger partial charge in [-0.3, -0.25) is 9.59 Å². The largest absolute Gasteiger partial charge is 0.454 e. The van der Waals surface area contributed by atoms with E-state index in [4.69, 9.17) is 14.2 Å². The second-order valence-corrected chi connectivity index (χ2v) is 18.9. The summed E-state index contributed by atoms with van der Waals surface area (Å²) in [5.41, 5.74) is 0. The van der Waals surface area contributed by atoms with Gasteiger partial charge in [0.1, 0.15) is 24.4 Å². The highest BCUT2D eigenvalue weighted by Crippen LogP contribution is 2.26. The van der Waals surface area contributed by atoms with Gasteiger partial charge in [0.25, 0.3) is 0 Å². The van der Waals surface area contributed by atoms with E-state index in [9.17, 15) is 35.1 Å². The van der Waals surface area contributed by atoms with Crippen molar-refractivity contribution < 1.29 is 49.3 Å². The minimum atomic E-state index is -1.65. The van der Waals surface area contributed by atoms with Crippen molar-refractivity contribution in [2.75, 3.05) is 13.2 Å². The first-order valence-electron chi connectivity index (χ1n) is 28.0. The number of unbranched alkanes of at least 4 members (excludes halogenated alkanes) is 17. The Morgan fingerprint density at radius 2 is 1.01 bits per heavy atom. The molecule has 1 saturated heterocycles. The van der Waals surface area contributed by atoms with Crippen molar-refractivity contribution in [3.63, 3.8) is 0 Å². The monoisotopic (exact) mass is 996 g/mol. The Bertz CT molecular complexity index is 1520. The molecule has 11 nitrogen and oxygen atoms in total. The van der Waals surface area contributed by atoms with Crippen LogP contribution in [0.5, 0.6) is 0 Å². The Morgan fingerprint density at radius 3 is 1.52 bits per heavy atom. The molecule has 1 aliphatic heterocycles. The number of rotatable bonds is 45. The number of carbonyl (C=O) groups is 2. The highest BCUT2D eigenvalue weighted by atomic mass is 16.7. The summed E-state index contributed by atoms with van der Waals surface area (Å²) in [6, 6.07) is -1.07. The van der Waals surface area contributed by atoms with E-state index >= 15 is 0 Å². The zero-order chi connectivity index (χ0) is 51.8. The lowest BCUT2D eigenvalue weighted by Gasteiger charge is -2.41. The lowest BCUT2D eigenvalue weighted by atomic mass is 9.99. The quantitative estimate of drug-likeness (QED) is 0.0196. The van der Waals surface area contributed by atoms with Crippen LogP contribution in [0.4, 0.5) is 0 Å². The van der Waals surface area contributed by atoms with Gasteiger partial charge in [0.05, 0.1) is 25.4 Å². The molecule has 71 heavy (non-hydrogen) atoms. The summed E-state index contributed by atoms with van der Waals surface area (Å²) in [4.78, 5) is 26.4. The maximum atomic E-state index is 13.3. The predicted molar refractivity (Wildman–Crippen MR) is 292 cm³/mol. The number of carbonyl (C=O) groups excluding carboxylic acids is 2. The molecule has 0 aliphatic carbocycles. The maximum absolute atomic E-state index is 13.3. The van der Waals surface area contributed by atoms with E-state index in [1.54, 1.807) is 6.08 Å². The van der Waals surface area contributed by atoms with Crippen LogP contribution in [0.1, 0.15) is 207 Å². The Balaban J connectivity index is 2.84. The third-order valence-corrected chi connectivity index (χ3v) is 12.5. The van der Waals surface area contributed by atoms with E-state index in [0.717, 1.165) is 70.6 Å². The zero-order valence-corrected chi connectivity index (χ0v) is 44.6. The standard InChI is InChI=1S/C60H101NO10/c1-4-7-10-13-16-19-22-25-26-27-30-32-35-38-41-44-47-53(64)59(68)61-51(52(63)46-43-40-37-34-31-28-23-20-17-14-11-8-5-2)50-69-60-58(57(67)56(66)54(49-62)70-60)71-55(65)48-45-42-39-36-33-29-24-21-18-15-12-9-6-3/h7,10,16,19,25-26,29-30,32-33,38-39,41-43,46,51-54,56-58,60,62-64,66-67H,4-6,8-9,11-15,17-18,20-24,27-28,31,34-37,40,44-45,47-50H2,1-3H3,(H,61,68)/b10-7-,19-16-,26-25-,32-30-,33-29-,41-38-,42-39+,46-43+. The maximum Gasteiger partial charge on any atom is 0.306 e. The topological polar surface area (TPSA) is 175 Å². The molecule has 8 atom stereocenters. The molecule has 11 heteroatoms. The van der Waals surface area contributed by atoms with Crippen LogP contribution in [0.2, 0.25) is 0 Å². The molecule has 1 amide bonds. The van der Waals surface area contributed by atoms with Gasteiger partial charge in [-0.25, -0.2) is 0 Å². The van der Waals surface area contributed by atoms with Crippen LogP contribution in [0.15, 0.2) is 97.2 Å². The van der Waals surface area contributed by atoms with Crippen molar-refractivity contribution in [2.24, 2.45) is 0 Å². The summed E-state index contributed by atoms with van der Waals surface area (Å²) in [7, 11) is 0. The highest BCUT2D eigenvalue weighted by Gasteiger charge is 2.47. The zero-order valence-electron chi connectivity index (χ0n) is 44.6. The highest BCUT2D eigenvalue weighted by molar-refractivity contribution is 5.80. The number of hydrogen-bond acceptors (Lipinski definition) is 10. The fraction of sp³-hybridized carbons (Fsp3) is 0.700. The molecule has 0 aromatic carbocycles. The van der Waals surface area contributed by atoms with Crippen LogP contribution in [0.3, 0.4) is 0 Å². The number of aliphatic hydroxyl groups is 5. The van der Waals surface area contributed by atoms with Gasteiger partial charge < -0.3 is 45.1 Å². The van der Waals surface area contributed by atoms with Gasteiger partial charge >= 0.3 is 5.97 Å². The van der Waals surface area contributed by atoms with Crippen molar-refractivity contribution >= 4 is 11.9 Å². The first kappa shape index (κ1) is 65.6. The molecule has 0 spiro atoms. The average Bonchev–Trinajstić information content (AvgIpc) is 3.37. The lowest BCUT2D eigenvalue weighted by Crippen LogP contribution is -2.61. The van der Waals surface area contributed by atoms with Gasteiger partial charge in [-0.1, -0.05) is 214 Å². The predicted octanol–water partition coefficient (Wildman–Crippen LogP) is 12.4. The summed E-state index contributed by atoms with van der Waals surface area (Å²) >= 11 is 0. The molecular weight excluding hydrogens is 895 g/mol. The Labute approximate surface area is 431 Å². The molecule has 1 aliphatic rings. The molecule has 1 heterocycles. The summed E-state index contributed by atoms with van der Waals surface area (Å²) < 4.78 is 17.4. The van der Waals surface area contributed by atoms with E-state index < -0.39 is 67.4 Å². The number of amides is 1. The number of aliphatic hydroxyl groups excluding tert-OH is 5. The van der Waals surface area contributed by atoms with Gasteiger partial charge in [0.15, 0.2) is 12.4 Å². The molecule has 0 saturated carbocycles. The minimum Gasteiger partial charge on any atom is -0.454 e. The second-order valence-electron chi connectivity index (χ2n) is 18.9. The van der Waals surface area contributed by atoms with Crippen LogP contribution >= 0.6 is 0 Å². The van der Waals surface area contributed by atoms with Crippen LogP contribution < -0.4 is 5.32 Å². The van der Waals surface area contributed by atoms with Gasteiger partial charge in [0.2, 0.25) is 5.91 Å². The van der Waals surface area contributed by atoms with E-state index in [2.05, 4.69) is 86.8 Å². The van der Waals surface area contributed by atoms with Crippen LogP contribution in [-0.2, 0) is 23.8 Å². The molecule has 406 valence electrons. The van der Waals surface area contributed by atoms with Crippen molar-refractivity contribution in [1.29, 1.82) is 0 Å². The van der Waals surface area contributed by atoms with Gasteiger partial charge in [0, 0.05) is 6.42 Å². The summed E-state index contributed by atoms with van der Waals surface area (Å²) in [5, 5.41) is 56.6. The smallest absolute Gasteiger partial charge is 0.306 e. The number of hydrogen-bond donors (Lipinski definition) is 6. The van der Waals surface area contributed by atoms with Crippen molar-refractivity contribution in [1.82, 2.24) is 5.32 Å². The summed E-state index contributed by atoms with van der Waals surface area (Å²) in [6.07, 6.45) is 51.9. The Morgan fingerprint density at radius 1 is 0.563 bits per heavy atom. The normalized spacial score (nSPS) is 20.4. The number of allylic oxidation sites excluding steroid dienone is 15.